The van der Waals surface area contributed by atoms with Gasteiger partial charge in [0.25, 0.3) is 0 Å². The molecular weight excluding hydrogens is 358 g/mol. The van der Waals surface area contributed by atoms with Gasteiger partial charge in [-0.05, 0) is 36.7 Å². The number of nitrogens with zero attached hydrogens (tertiary/aromatic N) is 6. The van der Waals surface area contributed by atoms with Gasteiger partial charge in [-0.2, -0.15) is 10.2 Å². The third-order valence-corrected chi connectivity index (χ3v) is 6.19. The largest absolute Gasteiger partial charge is 0.465 e. The van der Waals surface area contributed by atoms with Crippen LogP contribution in [-0.4, -0.2) is 55.2 Å². The molecule has 3 aromatic rings. The SMILES string of the molecule is Cn1cc(-c2cn3nccc3c(N3C[C@H]4CC[C@@H](C3)[C@@H]4CNC(=O)O)n2)cn1. The lowest BCUT2D eigenvalue weighted by Crippen LogP contribution is -2.46. The highest BCUT2D eigenvalue weighted by Crippen LogP contribution is 2.43. The van der Waals surface area contributed by atoms with Crippen LogP contribution in [0.1, 0.15) is 12.8 Å². The van der Waals surface area contributed by atoms with Crippen LogP contribution in [0, 0.1) is 17.8 Å². The zero-order chi connectivity index (χ0) is 19.3. The molecular formula is C19H23N7O2. The molecule has 5 rings (SSSR count). The van der Waals surface area contributed by atoms with Crippen LogP contribution in [0.2, 0.25) is 0 Å². The second-order valence-electron chi connectivity index (χ2n) is 7.87. The van der Waals surface area contributed by atoms with Gasteiger partial charge >= 0.3 is 6.09 Å². The Bertz CT molecular complexity index is 1010. The molecule has 0 spiro atoms. The Hall–Kier alpha value is -3.10. The van der Waals surface area contributed by atoms with Crippen LogP contribution >= 0.6 is 0 Å². The summed E-state index contributed by atoms with van der Waals surface area (Å²) in [6, 6.07) is 2.00. The number of nitrogens with one attached hydrogen (secondary N) is 1. The number of hydrogen-bond acceptors (Lipinski definition) is 5. The predicted octanol–water partition coefficient (Wildman–Crippen LogP) is 1.86. The Balaban J connectivity index is 1.47. The minimum Gasteiger partial charge on any atom is -0.465 e. The summed E-state index contributed by atoms with van der Waals surface area (Å²) in [5, 5.41) is 20.2. The maximum absolute atomic E-state index is 10.9. The smallest absolute Gasteiger partial charge is 0.404 e. The van der Waals surface area contributed by atoms with E-state index in [0.29, 0.717) is 24.3 Å². The zero-order valence-electron chi connectivity index (χ0n) is 15.7. The van der Waals surface area contributed by atoms with E-state index in [1.54, 1.807) is 10.9 Å². The van der Waals surface area contributed by atoms with Crippen LogP contribution in [0.3, 0.4) is 0 Å². The molecule has 2 aliphatic rings. The summed E-state index contributed by atoms with van der Waals surface area (Å²) in [4.78, 5) is 18.2. The number of piperidine rings is 1. The number of aromatic nitrogens is 5. The van der Waals surface area contributed by atoms with E-state index in [1.165, 1.54) is 0 Å². The standard InChI is InChI=1S/C19H23N7O2/c1-24-8-14(6-22-24)16-11-26-17(4-5-21-26)18(23-16)25-9-12-2-3-13(10-25)15(12)7-20-19(27)28/h4-6,8,11-13,15,20H,2-3,7,9-10H2,1H3,(H,27,28)/t12-,13+,15-. The molecule has 2 bridgehead atoms. The van der Waals surface area contributed by atoms with E-state index in [1.807, 2.05) is 36.2 Å². The predicted molar refractivity (Wildman–Crippen MR) is 103 cm³/mol. The minimum atomic E-state index is -0.936. The van der Waals surface area contributed by atoms with Crippen molar-refractivity contribution in [3.8, 4) is 11.3 Å². The number of anilines is 1. The van der Waals surface area contributed by atoms with Gasteiger partial charge in [0.05, 0.1) is 24.3 Å². The van der Waals surface area contributed by atoms with Gasteiger partial charge in [-0.15, -0.1) is 0 Å². The molecule has 1 aliphatic heterocycles. The Morgan fingerprint density at radius 3 is 2.71 bits per heavy atom. The summed E-state index contributed by atoms with van der Waals surface area (Å²) in [6.07, 6.45) is 8.85. The van der Waals surface area contributed by atoms with Crippen molar-refractivity contribution in [3.63, 3.8) is 0 Å². The average Bonchev–Trinajstić information content (AvgIpc) is 3.37. The van der Waals surface area contributed by atoms with Gasteiger partial charge in [0.1, 0.15) is 5.52 Å². The molecule has 0 unspecified atom stereocenters. The molecule has 4 heterocycles. The van der Waals surface area contributed by atoms with Crippen LogP contribution in [0.5, 0.6) is 0 Å². The van der Waals surface area contributed by atoms with Crippen molar-refractivity contribution in [2.24, 2.45) is 24.8 Å². The van der Waals surface area contributed by atoms with Crippen molar-refractivity contribution < 1.29 is 9.90 Å². The molecule has 9 nitrogen and oxygen atoms in total. The van der Waals surface area contributed by atoms with E-state index in [4.69, 9.17) is 10.1 Å². The van der Waals surface area contributed by atoms with Gasteiger partial charge < -0.3 is 15.3 Å². The van der Waals surface area contributed by atoms with Gasteiger partial charge in [0.15, 0.2) is 5.82 Å². The van der Waals surface area contributed by atoms with Crippen molar-refractivity contribution in [2.45, 2.75) is 12.8 Å². The number of hydrogen-bond donors (Lipinski definition) is 2. The van der Waals surface area contributed by atoms with E-state index >= 15 is 0 Å². The lowest BCUT2D eigenvalue weighted by Gasteiger charge is -2.38. The molecule has 0 radical (unpaired) electrons. The molecule has 146 valence electrons. The second-order valence-corrected chi connectivity index (χ2v) is 7.87. The van der Waals surface area contributed by atoms with Gasteiger partial charge in [-0.25, -0.2) is 14.3 Å². The number of rotatable bonds is 4. The highest BCUT2D eigenvalue weighted by Gasteiger charge is 2.42. The summed E-state index contributed by atoms with van der Waals surface area (Å²) >= 11 is 0. The molecule has 1 saturated carbocycles. The van der Waals surface area contributed by atoms with Gasteiger partial charge in [-0.3, -0.25) is 4.68 Å². The van der Waals surface area contributed by atoms with Crippen molar-refractivity contribution in [3.05, 3.63) is 30.9 Å². The molecule has 3 atom stereocenters. The van der Waals surface area contributed by atoms with E-state index in [9.17, 15) is 4.79 Å². The molecule has 9 heteroatoms. The molecule has 1 saturated heterocycles. The lowest BCUT2D eigenvalue weighted by molar-refractivity contribution is 0.185. The summed E-state index contributed by atoms with van der Waals surface area (Å²) < 4.78 is 3.65. The summed E-state index contributed by atoms with van der Waals surface area (Å²) in [5.74, 6) is 2.32. The van der Waals surface area contributed by atoms with Crippen LogP contribution in [0.25, 0.3) is 16.8 Å². The normalized spacial score (nSPS) is 24.0. The first kappa shape index (κ1) is 17.0. The van der Waals surface area contributed by atoms with Crippen molar-refractivity contribution in [2.75, 3.05) is 24.5 Å². The molecule has 0 aromatic carbocycles. The van der Waals surface area contributed by atoms with E-state index in [0.717, 1.165) is 48.5 Å². The van der Waals surface area contributed by atoms with Gasteiger partial charge in [-0.1, -0.05) is 0 Å². The lowest BCUT2D eigenvalue weighted by atomic mass is 9.85. The van der Waals surface area contributed by atoms with Crippen LogP contribution in [-0.2, 0) is 7.05 Å². The molecule has 2 N–H and O–H groups in total. The summed E-state index contributed by atoms with van der Waals surface area (Å²) in [5.41, 5.74) is 2.81. The molecule has 3 aromatic heterocycles. The Kier molecular flexibility index (Phi) is 3.96. The van der Waals surface area contributed by atoms with Crippen LogP contribution in [0.15, 0.2) is 30.9 Å². The molecule has 2 fully saturated rings. The quantitative estimate of drug-likeness (QED) is 0.715. The maximum atomic E-state index is 10.9. The second kappa shape index (κ2) is 6.50. The molecule has 1 amide bonds. The van der Waals surface area contributed by atoms with E-state index in [-0.39, 0.29) is 0 Å². The van der Waals surface area contributed by atoms with Gasteiger partial charge in [0.2, 0.25) is 0 Å². The Labute approximate surface area is 162 Å². The van der Waals surface area contributed by atoms with Crippen molar-refractivity contribution in [1.29, 1.82) is 0 Å². The summed E-state index contributed by atoms with van der Waals surface area (Å²) in [6.45, 7) is 2.34. The fourth-order valence-corrected chi connectivity index (χ4v) is 4.88. The Morgan fingerprint density at radius 1 is 1.25 bits per heavy atom. The summed E-state index contributed by atoms with van der Waals surface area (Å²) in [7, 11) is 1.89. The fraction of sp³-hybridized carbons (Fsp3) is 0.474. The first-order valence-electron chi connectivity index (χ1n) is 9.63. The number of carboxylic acid groups (broad SMARTS) is 1. The van der Waals surface area contributed by atoms with Crippen LogP contribution in [0.4, 0.5) is 10.6 Å². The number of amides is 1. The highest BCUT2D eigenvalue weighted by atomic mass is 16.4. The third kappa shape index (κ3) is 2.87. The minimum absolute atomic E-state index is 0.412. The Morgan fingerprint density at radius 2 is 2.04 bits per heavy atom. The number of fused-ring (bicyclic) bond motifs is 3. The van der Waals surface area contributed by atoms with E-state index in [2.05, 4.69) is 20.4 Å². The van der Waals surface area contributed by atoms with E-state index < -0.39 is 6.09 Å². The zero-order valence-corrected chi connectivity index (χ0v) is 15.7. The monoisotopic (exact) mass is 381 g/mol. The number of aryl methyl sites for hydroxylation is 1. The fourth-order valence-electron chi connectivity index (χ4n) is 4.88. The highest BCUT2D eigenvalue weighted by molar-refractivity contribution is 5.73. The topological polar surface area (TPSA) is 101 Å². The van der Waals surface area contributed by atoms with Crippen molar-refractivity contribution in [1.82, 2.24) is 29.7 Å². The van der Waals surface area contributed by atoms with Gasteiger partial charge in [0, 0.05) is 38.4 Å². The van der Waals surface area contributed by atoms with Crippen LogP contribution < -0.4 is 10.2 Å². The first-order valence-corrected chi connectivity index (χ1v) is 9.63. The first-order chi connectivity index (χ1) is 13.6. The third-order valence-electron chi connectivity index (χ3n) is 6.19. The molecule has 1 aliphatic carbocycles. The average molecular weight is 381 g/mol. The van der Waals surface area contributed by atoms with Crippen molar-refractivity contribution >= 4 is 17.4 Å². The number of carbonyl (C=O) groups is 1. The maximum Gasteiger partial charge on any atom is 0.404 e. The molecule has 28 heavy (non-hydrogen) atoms.